The molecule has 0 bridgehead atoms. The zero-order valence-electron chi connectivity index (χ0n) is 22.2. The number of carbonyl (C=O) groups excluding carboxylic acids is 4. The number of anilines is 1. The van der Waals surface area contributed by atoms with Crippen LogP contribution in [-0.2, 0) is 40.0 Å². The van der Waals surface area contributed by atoms with Gasteiger partial charge in [0.05, 0.1) is 12.0 Å². The topological polar surface area (TPSA) is 206 Å². The average molecular weight is 594 g/mol. The minimum Gasteiger partial charge on any atom is -0.427 e. The molecule has 0 aromatic carbocycles. The number of nitrogen functional groups attached to an aromatic ring is 1. The summed E-state index contributed by atoms with van der Waals surface area (Å²) in [4.78, 5) is 62.9. The van der Waals surface area contributed by atoms with Crippen molar-refractivity contribution in [3.8, 4) is 0 Å². The van der Waals surface area contributed by atoms with Crippen LogP contribution in [0.3, 0.4) is 0 Å². The Morgan fingerprint density at radius 3 is 2.62 bits per heavy atom. The van der Waals surface area contributed by atoms with Crippen LogP contribution in [-0.4, -0.2) is 90.6 Å². The molecule has 2 atom stereocenters. The van der Waals surface area contributed by atoms with Crippen molar-refractivity contribution in [3.05, 3.63) is 28.2 Å². The summed E-state index contributed by atoms with van der Waals surface area (Å²) in [5, 5.41) is 19.4. The van der Waals surface area contributed by atoms with Crippen LogP contribution in [0.15, 0.2) is 21.8 Å². The van der Waals surface area contributed by atoms with Gasteiger partial charge in [0, 0.05) is 11.1 Å². The standard InChI is InChI=1S/C22H27N9O7S2/c1-10-26-29-30(27-10)6-11-7-39-18-14(25-16(32)13(28-36-5)12-8-40-21(23)24-12)17(33)31(18)15(11)19(34)37-9-38-20(35)22(2,3)4/h8,14,18H,6-7,9H2,1-5H3,(H2,23,24)(H,25,32)/b28-13-/t14-,18-/m0/s1. The van der Waals surface area contributed by atoms with E-state index in [1.54, 1.807) is 27.7 Å². The highest BCUT2D eigenvalue weighted by Gasteiger charge is 2.55. The summed E-state index contributed by atoms with van der Waals surface area (Å²) in [6.07, 6.45) is 0. The van der Waals surface area contributed by atoms with Gasteiger partial charge in [-0.1, -0.05) is 5.16 Å². The molecule has 1 saturated heterocycles. The summed E-state index contributed by atoms with van der Waals surface area (Å²) in [5.74, 6) is -1.99. The molecule has 0 saturated carbocycles. The van der Waals surface area contributed by atoms with Crippen molar-refractivity contribution >= 4 is 57.7 Å². The van der Waals surface area contributed by atoms with Crippen LogP contribution in [0.25, 0.3) is 0 Å². The van der Waals surface area contributed by atoms with Gasteiger partial charge in [-0.2, -0.15) is 4.80 Å². The molecule has 0 unspecified atom stereocenters. The molecule has 2 amide bonds. The van der Waals surface area contributed by atoms with Crippen LogP contribution in [0.4, 0.5) is 5.13 Å². The zero-order valence-corrected chi connectivity index (χ0v) is 23.9. The number of rotatable bonds is 9. The molecule has 2 aliphatic rings. The molecule has 4 heterocycles. The normalized spacial score (nSPS) is 19.1. The lowest BCUT2D eigenvalue weighted by Crippen LogP contribution is -2.71. The largest absolute Gasteiger partial charge is 0.427 e. The van der Waals surface area contributed by atoms with Crippen LogP contribution in [0.2, 0.25) is 0 Å². The Morgan fingerprint density at radius 1 is 1.27 bits per heavy atom. The molecule has 2 aliphatic heterocycles. The van der Waals surface area contributed by atoms with Crippen molar-refractivity contribution in [2.75, 3.05) is 25.4 Å². The van der Waals surface area contributed by atoms with Gasteiger partial charge in [0.25, 0.3) is 11.8 Å². The number of esters is 2. The third kappa shape index (κ3) is 6.06. The Hall–Kier alpha value is -4.06. The number of tetrazole rings is 1. The fourth-order valence-corrected chi connectivity index (χ4v) is 5.56. The van der Waals surface area contributed by atoms with Gasteiger partial charge in [-0.05, 0) is 38.5 Å². The van der Waals surface area contributed by atoms with E-state index in [4.69, 9.17) is 20.0 Å². The minimum atomic E-state index is -0.981. The van der Waals surface area contributed by atoms with E-state index in [0.29, 0.717) is 11.4 Å². The Bertz CT molecular complexity index is 1390. The molecule has 18 heteroatoms. The predicted molar refractivity (Wildman–Crippen MR) is 141 cm³/mol. The minimum absolute atomic E-state index is 0.0425. The Kier molecular flexibility index (Phi) is 8.38. The lowest BCUT2D eigenvalue weighted by atomic mass is 9.98. The molecular weight excluding hydrogens is 566 g/mol. The van der Waals surface area contributed by atoms with Crippen LogP contribution in [0.1, 0.15) is 32.3 Å². The average Bonchev–Trinajstić information content (AvgIpc) is 3.51. The second-order valence-corrected chi connectivity index (χ2v) is 11.6. The van der Waals surface area contributed by atoms with Gasteiger partial charge < -0.3 is 25.4 Å². The van der Waals surface area contributed by atoms with Crippen LogP contribution < -0.4 is 11.1 Å². The summed E-state index contributed by atoms with van der Waals surface area (Å²) in [5.41, 5.74) is 5.35. The molecule has 2 aromatic rings. The quantitative estimate of drug-likeness (QED) is 0.127. The number of thiazole rings is 1. The first-order valence-electron chi connectivity index (χ1n) is 11.8. The van der Waals surface area contributed by atoms with Crippen molar-refractivity contribution in [1.82, 2.24) is 35.4 Å². The number of thioether (sulfide) groups is 1. The maximum absolute atomic E-state index is 13.3. The summed E-state index contributed by atoms with van der Waals surface area (Å²) < 4.78 is 10.3. The smallest absolute Gasteiger partial charge is 0.358 e. The van der Waals surface area contributed by atoms with Crippen molar-refractivity contribution in [2.45, 2.75) is 45.7 Å². The van der Waals surface area contributed by atoms with Gasteiger partial charge in [0.1, 0.15) is 29.9 Å². The van der Waals surface area contributed by atoms with Crippen LogP contribution >= 0.6 is 23.1 Å². The van der Waals surface area contributed by atoms with Gasteiger partial charge >= 0.3 is 11.9 Å². The van der Waals surface area contributed by atoms with Crippen molar-refractivity contribution in [1.29, 1.82) is 0 Å². The maximum atomic E-state index is 13.3. The van der Waals surface area contributed by atoms with E-state index in [-0.39, 0.29) is 34.5 Å². The summed E-state index contributed by atoms with van der Waals surface area (Å²) in [6, 6.07) is -0.981. The van der Waals surface area contributed by atoms with Crippen molar-refractivity contribution in [3.63, 3.8) is 0 Å². The van der Waals surface area contributed by atoms with E-state index < -0.39 is 47.4 Å². The molecular formula is C22H27N9O7S2. The Morgan fingerprint density at radius 2 is 2.02 bits per heavy atom. The van der Waals surface area contributed by atoms with Gasteiger partial charge in [-0.15, -0.1) is 33.3 Å². The number of hydrogen-bond donors (Lipinski definition) is 2. The highest BCUT2D eigenvalue weighted by molar-refractivity contribution is 8.00. The summed E-state index contributed by atoms with van der Waals surface area (Å²) in [6.45, 7) is 6.06. The second-order valence-electron chi connectivity index (χ2n) is 9.61. The molecule has 214 valence electrons. The monoisotopic (exact) mass is 593 g/mol. The van der Waals surface area contributed by atoms with E-state index in [1.807, 2.05) is 0 Å². The maximum Gasteiger partial charge on any atom is 0.358 e. The number of nitrogens with one attached hydrogen (secondary N) is 1. The number of fused-ring (bicyclic) bond motifs is 1. The molecule has 40 heavy (non-hydrogen) atoms. The van der Waals surface area contributed by atoms with E-state index in [1.165, 1.54) is 33.9 Å². The fraction of sp³-hybridized carbons (Fsp3) is 0.500. The van der Waals surface area contributed by atoms with Crippen molar-refractivity contribution < 1.29 is 33.5 Å². The van der Waals surface area contributed by atoms with Gasteiger partial charge in [0.2, 0.25) is 6.79 Å². The molecule has 0 aliphatic carbocycles. The Balaban J connectivity index is 1.53. The molecule has 2 aromatic heterocycles. The molecule has 3 N–H and O–H groups in total. The number of hydrogen-bond acceptors (Lipinski definition) is 15. The number of nitrogens with two attached hydrogens (primary N) is 1. The van der Waals surface area contributed by atoms with E-state index in [9.17, 15) is 19.2 Å². The number of oxime groups is 1. The first-order valence-corrected chi connectivity index (χ1v) is 13.7. The third-order valence-electron chi connectivity index (χ3n) is 5.57. The number of nitrogens with zero attached hydrogens (tertiary/aromatic N) is 7. The molecule has 0 spiro atoms. The number of amides is 2. The lowest BCUT2D eigenvalue weighted by Gasteiger charge is -2.49. The second kappa shape index (κ2) is 11.6. The predicted octanol–water partition coefficient (Wildman–Crippen LogP) is -0.185. The summed E-state index contributed by atoms with van der Waals surface area (Å²) in [7, 11) is 1.27. The molecule has 1 fully saturated rings. The number of aromatic nitrogens is 5. The first kappa shape index (κ1) is 28.9. The number of β-lactam (4-membered cyclic amide) rings is 1. The zero-order chi connectivity index (χ0) is 29.2. The van der Waals surface area contributed by atoms with E-state index in [0.717, 1.165) is 11.3 Å². The highest BCUT2D eigenvalue weighted by Crippen LogP contribution is 2.41. The van der Waals surface area contributed by atoms with Gasteiger partial charge in [-0.25, -0.2) is 9.78 Å². The van der Waals surface area contributed by atoms with Gasteiger partial charge in [0.15, 0.2) is 16.7 Å². The van der Waals surface area contributed by atoms with Crippen molar-refractivity contribution in [2.24, 2.45) is 10.6 Å². The van der Waals surface area contributed by atoms with E-state index in [2.05, 4.69) is 30.9 Å². The highest BCUT2D eigenvalue weighted by atomic mass is 32.2. The first-order chi connectivity index (χ1) is 18.9. The molecule has 0 radical (unpaired) electrons. The summed E-state index contributed by atoms with van der Waals surface area (Å²) >= 11 is 2.44. The molecule has 4 rings (SSSR count). The molecule has 16 nitrogen and oxygen atoms in total. The number of carbonyl (C=O) groups is 4. The third-order valence-corrected chi connectivity index (χ3v) is 7.58. The van der Waals surface area contributed by atoms with Gasteiger partial charge in [-0.3, -0.25) is 19.3 Å². The van der Waals surface area contributed by atoms with E-state index >= 15 is 0 Å². The SMILES string of the molecule is CO/N=C(\C(=O)N[C@H]1C(=O)N2C(C(=O)OCOC(=O)C(C)(C)C)=C(Cn3nnc(C)n3)CS[C@@H]12)c1csc(N)n1. The Labute approximate surface area is 236 Å². The number of aryl methyl sites for hydroxylation is 1. The lowest BCUT2D eigenvalue weighted by molar-refractivity contribution is -0.173. The van der Waals surface area contributed by atoms with Crippen LogP contribution in [0, 0.1) is 12.3 Å². The fourth-order valence-electron chi connectivity index (χ4n) is 3.68. The number of ether oxygens (including phenoxy) is 2. The van der Waals surface area contributed by atoms with Crippen LogP contribution in [0.5, 0.6) is 0 Å².